The number of piperazine rings is 1. The molecule has 0 bridgehead atoms. The average Bonchev–Trinajstić information content (AvgIpc) is 3.17. The molecule has 2 aromatic carbocycles. The minimum Gasteiger partial charge on any atom is -0.336 e. The van der Waals surface area contributed by atoms with E-state index >= 15 is 0 Å². The monoisotopic (exact) mass is 457 g/mol. The molecule has 1 saturated heterocycles. The van der Waals surface area contributed by atoms with Gasteiger partial charge >= 0.3 is 0 Å². The maximum atomic E-state index is 13.8. The van der Waals surface area contributed by atoms with Crippen LogP contribution < -0.4 is 5.32 Å². The van der Waals surface area contributed by atoms with Gasteiger partial charge in [0.1, 0.15) is 11.7 Å². The third-order valence-corrected chi connectivity index (χ3v) is 6.21. The highest BCUT2D eigenvalue weighted by Gasteiger charge is 2.35. The van der Waals surface area contributed by atoms with Gasteiger partial charge in [0.15, 0.2) is 5.82 Å². The topological polar surface area (TPSA) is 77.9 Å². The second-order valence-electron chi connectivity index (χ2n) is 8.52. The van der Waals surface area contributed by atoms with Crippen LogP contribution in [0.25, 0.3) is 0 Å². The Kier molecular flexibility index (Phi) is 5.90. The van der Waals surface area contributed by atoms with Crippen molar-refractivity contribution in [3.63, 3.8) is 0 Å². The second kappa shape index (κ2) is 9.15. The zero-order chi connectivity index (χ0) is 23.7. The van der Waals surface area contributed by atoms with Gasteiger partial charge in [-0.15, -0.1) is 0 Å². The maximum Gasteiger partial charge on any atom is 0.254 e. The highest BCUT2D eigenvalue weighted by Crippen LogP contribution is 2.36. The van der Waals surface area contributed by atoms with Crippen molar-refractivity contribution in [3.05, 3.63) is 89.4 Å². The van der Waals surface area contributed by atoms with E-state index in [0.29, 0.717) is 41.4 Å². The molecule has 1 N–H and O–H groups in total. The number of nitrogens with one attached hydrogen (secondary N) is 1. The molecular formula is C26H24FN5O2. The average molecular weight is 458 g/mol. The van der Waals surface area contributed by atoms with E-state index in [9.17, 15) is 14.0 Å². The molecule has 2 aliphatic heterocycles. The summed E-state index contributed by atoms with van der Waals surface area (Å²) in [6.45, 7) is 3.00. The van der Waals surface area contributed by atoms with Gasteiger partial charge in [-0.3, -0.25) is 9.59 Å². The molecule has 34 heavy (non-hydrogen) atoms. The van der Waals surface area contributed by atoms with Crippen LogP contribution >= 0.6 is 0 Å². The number of amides is 2. The first-order chi connectivity index (χ1) is 16.5. The molecule has 3 heterocycles. The molecule has 5 rings (SSSR count). The molecule has 1 fully saturated rings. The number of hydrogen-bond donors (Lipinski definition) is 1. The van der Waals surface area contributed by atoms with Crippen LogP contribution in [0.5, 0.6) is 0 Å². The third-order valence-electron chi connectivity index (χ3n) is 6.21. The first-order valence-corrected chi connectivity index (χ1v) is 11.2. The van der Waals surface area contributed by atoms with Crippen LogP contribution in [0.1, 0.15) is 27.4 Å². The van der Waals surface area contributed by atoms with Gasteiger partial charge in [0.2, 0.25) is 5.91 Å². The van der Waals surface area contributed by atoms with Gasteiger partial charge in [-0.2, -0.15) is 0 Å². The number of carbonyl (C=O) groups excluding carboxylic acids is 2. The number of anilines is 1. The molecule has 0 radical (unpaired) electrons. The largest absolute Gasteiger partial charge is 0.336 e. The third kappa shape index (κ3) is 4.32. The van der Waals surface area contributed by atoms with E-state index in [-0.39, 0.29) is 11.8 Å². The number of fused-ring (bicyclic) bond motifs is 1. The van der Waals surface area contributed by atoms with Crippen LogP contribution in [0.3, 0.4) is 0 Å². The molecule has 1 aromatic heterocycles. The minimum atomic E-state index is -0.725. The Morgan fingerprint density at radius 1 is 1.03 bits per heavy atom. The van der Waals surface area contributed by atoms with Crippen LogP contribution in [0.2, 0.25) is 0 Å². The van der Waals surface area contributed by atoms with Gasteiger partial charge < -0.3 is 15.1 Å². The van der Waals surface area contributed by atoms with Gasteiger partial charge in [0.05, 0.1) is 5.71 Å². The lowest BCUT2D eigenvalue weighted by molar-refractivity contribution is -0.115. The van der Waals surface area contributed by atoms with Crippen LogP contribution in [-0.4, -0.2) is 65.5 Å². The fourth-order valence-corrected chi connectivity index (χ4v) is 4.34. The quantitative estimate of drug-likeness (QED) is 0.609. The summed E-state index contributed by atoms with van der Waals surface area (Å²) in [6, 6.07) is 16.9. The van der Waals surface area contributed by atoms with Gasteiger partial charge in [-0.25, -0.2) is 14.4 Å². The van der Waals surface area contributed by atoms with Gasteiger partial charge in [0, 0.05) is 43.6 Å². The first-order valence-electron chi connectivity index (χ1n) is 11.2. The number of aliphatic imine (C=N–C) groups is 1. The lowest BCUT2D eigenvalue weighted by Gasteiger charge is -2.32. The standard InChI is InChI=1S/C26H24FN5O2/c1-31-11-13-32(14-12-31)26(34)18-9-10-28-22(15-18)30-24(17-5-3-2-4-6-17)23-20-8-7-19(27)16-21(20)29-25(23)33/h2-10,15-16,23H,11-14H2,1H3,(H,29,33). The second-order valence-corrected chi connectivity index (χ2v) is 8.52. The van der Waals surface area contributed by atoms with Crippen molar-refractivity contribution < 1.29 is 14.0 Å². The van der Waals surface area contributed by atoms with Gasteiger partial charge in [-0.1, -0.05) is 36.4 Å². The number of hydrogen-bond acceptors (Lipinski definition) is 5. The van der Waals surface area contributed by atoms with E-state index in [1.807, 2.05) is 42.3 Å². The van der Waals surface area contributed by atoms with Crippen molar-refractivity contribution in [2.24, 2.45) is 4.99 Å². The molecule has 1 atom stereocenters. The van der Waals surface area contributed by atoms with Crippen LogP contribution in [0, 0.1) is 5.82 Å². The molecule has 1 unspecified atom stereocenters. The van der Waals surface area contributed by atoms with Crippen molar-refractivity contribution in [2.75, 3.05) is 38.5 Å². The summed E-state index contributed by atoms with van der Waals surface area (Å²) in [6.07, 6.45) is 1.56. The number of likely N-dealkylation sites (N-methyl/N-ethyl adjacent to an activating group) is 1. The van der Waals surface area contributed by atoms with Crippen LogP contribution in [0.15, 0.2) is 71.9 Å². The van der Waals surface area contributed by atoms with Crippen molar-refractivity contribution in [1.29, 1.82) is 0 Å². The molecule has 3 aromatic rings. The van der Waals surface area contributed by atoms with E-state index < -0.39 is 11.7 Å². The smallest absolute Gasteiger partial charge is 0.254 e. The zero-order valence-corrected chi connectivity index (χ0v) is 18.7. The highest BCUT2D eigenvalue weighted by atomic mass is 19.1. The Labute approximate surface area is 196 Å². The number of aromatic nitrogens is 1. The number of halogens is 1. The van der Waals surface area contributed by atoms with Gasteiger partial charge in [-0.05, 0) is 42.4 Å². The molecule has 8 heteroatoms. The minimum absolute atomic E-state index is 0.0624. The SMILES string of the molecule is CN1CCN(C(=O)c2ccnc(N=C(c3ccccc3)C3C(=O)Nc4cc(F)ccc43)c2)CC1. The lowest BCUT2D eigenvalue weighted by Crippen LogP contribution is -2.47. The fraction of sp³-hybridized carbons (Fsp3) is 0.231. The van der Waals surface area contributed by atoms with Crippen molar-refractivity contribution >= 4 is 29.0 Å². The summed E-state index contributed by atoms with van der Waals surface area (Å²) in [4.78, 5) is 39.1. The highest BCUT2D eigenvalue weighted by molar-refractivity contribution is 6.24. The van der Waals surface area contributed by atoms with E-state index in [1.165, 1.54) is 12.1 Å². The summed E-state index contributed by atoms with van der Waals surface area (Å²) >= 11 is 0. The summed E-state index contributed by atoms with van der Waals surface area (Å²) in [5, 5.41) is 2.76. The molecule has 2 amide bonds. The van der Waals surface area contributed by atoms with E-state index in [1.54, 1.807) is 24.4 Å². The number of benzene rings is 2. The van der Waals surface area contributed by atoms with E-state index in [4.69, 9.17) is 4.99 Å². The van der Waals surface area contributed by atoms with Crippen molar-refractivity contribution in [3.8, 4) is 0 Å². The molecule has 0 aliphatic carbocycles. The molecular weight excluding hydrogens is 433 g/mol. The maximum absolute atomic E-state index is 13.8. The predicted octanol–water partition coefficient (Wildman–Crippen LogP) is 3.47. The molecule has 7 nitrogen and oxygen atoms in total. The van der Waals surface area contributed by atoms with Gasteiger partial charge in [0.25, 0.3) is 5.91 Å². The summed E-state index contributed by atoms with van der Waals surface area (Å²) in [5.41, 5.74) is 2.82. The summed E-state index contributed by atoms with van der Waals surface area (Å²) in [5.74, 6) is -1.16. The Morgan fingerprint density at radius 2 is 1.79 bits per heavy atom. The molecule has 0 spiro atoms. The number of nitrogens with zero attached hydrogens (tertiary/aromatic N) is 4. The first kappa shape index (κ1) is 21.9. The Balaban J connectivity index is 1.53. The molecule has 2 aliphatic rings. The summed E-state index contributed by atoms with van der Waals surface area (Å²) < 4.78 is 13.8. The normalized spacial score (nSPS) is 18.5. The number of pyridine rings is 1. The van der Waals surface area contributed by atoms with E-state index in [2.05, 4.69) is 15.2 Å². The van der Waals surface area contributed by atoms with Crippen LogP contribution in [-0.2, 0) is 4.79 Å². The number of rotatable bonds is 4. The van der Waals surface area contributed by atoms with E-state index in [0.717, 1.165) is 18.7 Å². The molecule has 0 saturated carbocycles. The Bertz CT molecular complexity index is 1270. The van der Waals surface area contributed by atoms with Crippen molar-refractivity contribution in [2.45, 2.75) is 5.92 Å². The van der Waals surface area contributed by atoms with Crippen LogP contribution in [0.4, 0.5) is 15.9 Å². The molecule has 172 valence electrons. The predicted molar refractivity (Wildman–Crippen MR) is 128 cm³/mol. The Morgan fingerprint density at radius 3 is 2.56 bits per heavy atom. The zero-order valence-electron chi connectivity index (χ0n) is 18.7. The van der Waals surface area contributed by atoms with Crippen molar-refractivity contribution in [1.82, 2.24) is 14.8 Å². The Hall–Kier alpha value is -3.91. The fourth-order valence-electron chi connectivity index (χ4n) is 4.34. The summed E-state index contributed by atoms with van der Waals surface area (Å²) in [7, 11) is 2.04. The lowest BCUT2D eigenvalue weighted by atomic mass is 9.90. The number of carbonyl (C=O) groups is 2.